The Labute approximate surface area is 102 Å². The van der Waals surface area contributed by atoms with Crippen molar-refractivity contribution in [2.45, 2.75) is 40.2 Å². The van der Waals surface area contributed by atoms with E-state index in [1.165, 1.54) is 0 Å². The van der Waals surface area contributed by atoms with Crippen LogP contribution in [0.25, 0.3) is 0 Å². The van der Waals surface area contributed by atoms with Crippen LogP contribution < -0.4 is 4.74 Å². The second-order valence-corrected chi connectivity index (χ2v) is 4.47. The van der Waals surface area contributed by atoms with Crippen LogP contribution in [0.3, 0.4) is 0 Å². The number of aliphatic hydroxyl groups excluding tert-OH is 1. The zero-order valence-corrected chi connectivity index (χ0v) is 11.1. The molecule has 0 heterocycles. The molecule has 0 fully saturated rings. The normalized spacial score (nSPS) is 12.6. The molecule has 0 saturated carbocycles. The summed E-state index contributed by atoms with van der Waals surface area (Å²) in [6.07, 6.45) is 0.379. The van der Waals surface area contributed by atoms with Crippen LogP contribution >= 0.6 is 11.6 Å². The molecule has 3 heteroatoms. The lowest BCUT2D eigenvalue weighted by molar-refractivity contribution is 0.190. The van der Waals surface area contributed by atoms with Crippen LogP contribution in [0.5, 0.6) is 5.75 Å². The first-order chi connectivity index (χ1) is 7.49. The Balaban J connectivity index is 3.27. The second-order valence-electron chi connectivity index (χ2n) is 4.07. The SMILES string of the molecule is CCCOc1c(C)cc(Cl)c(C)c1C(C)O. The summed E-state index contributed by atoms with van der Waals surface area (Å²) in [6.45, 7) is 8.30. The van der Waals surface area contributed by atoms with Crippen molar-refractivity contribution in [2.24, 2.45) is 0 Å². The molecule has 1 rings (SSSR count). The highest BCUT2D eigenvalue weighted by atomic mass is 35.5. The van der Waals surface area contributed by atoms with Gasteiger partial charge in [0.1, 0.15) is 5.75 Å². The van der Waals surface area contributed by atoms with Gasteiger partial charge in [0.25, 0.3) is 0 Å². The Kier molecular flexibility index (Phi) is 4.63. The molecule has 0 aliphatic heterocycles. The third-order valence-corrected chi connectivity index (χ3v) is 2.97. The van der Waals surface area contributed by atoms with E-state index in [1.807, 2.05) is 19.9 Å². The van der Waals surface area contributed by atoms with Crippen molar-refractivity contribution in [3.63, 3.8) is 0 Å². The quantitative estimate of drug-likeness (QED) is 0.870. The van der Waals surface area contributed by atoms with Crippen LogP contribution in [0, 0.1) is 13.8 Å². The van der Waals surface area contributed by atoms with Crippen molar-refractivity contribution in [2.75, 3.05) is 6.61 Å². The van der Waals surface area contributed by atoms with Gasteiger partial charge in [-0.1, -0.05) is 18.5 Å². The Hall–Kier alpha value is -0.730. The number of rotatable bonds is 4. The molecule has 0 spiro atoms. The molecular weight excluding hydrogens is 224 g/mol. The van der Waals surface area contributed by atoms with Gasteiger partial charge in [-0.05, 0) is 44.4 Å². The van der Waals surface area contributed by atoms with Gasteiger partial charge in [0.05, 0.1) is 12.7 Å². The summed E-state index contributed by atoms with van der Waals surface area (Å²) in [5.74, 6) is 0.777. The molecule has 1 aromatic carbocycles. The summed E-state index contributed by atoms with van der Waals surface area (Å²) >= 11 is 6.10. The van der Waals surface area contributed by atoms with Crippen LogP contribution in [-0.4, -0.2) is 11.7 Å². The molecule has 90 valence electrons. The first kappa shape index (κ1) is 13.3. The third-order valence-electron chi connectivity index (χ3n) is 2.58. The molecular formula is C13H19ClO2. The maximum Gasteiger partial charge on any atom is 0.128 e. The molecule has 1 N–H and O–H groups in total. The van der Waals surface area contributed by atoms with E-state index in [2.05, 4.69) is 6.92 Å². The summed E-state index contributed by atoms with van der Waals surface area (Å²) in [4.78, 5) is 0. The third kappa shape index (κ3) is 2.69. The topological polar surface area (TPSA) is 29.5 Å². The lowest BCUT2D eigenvalue weighted by atomic mass is 9.99. The predicted molar refractivity (Wildman–Crippen MR) is 67.3 cm³/mol. The van der Waals surface area contributed by atoms with Crippen molar-refractivity contribution in [1.29, 1.82) is 0 Å². The minimum Gasteiger partial charge on any atom is -0.493 e. The molecule has 0 radical (unpaired) electrons. The predicted octanol–water partition coefficient (Wildman–Crippen LogP) is 3.80. The van der Waals surface area contributed by atoms with E-state index in [0.29, 0.717) is 11.6 Å². The van der Waals surface area contributed by atoms with E-state index < -0.39 is 6.10 Å². The highest BCUT2D eigenvalue weighted by Crippen LogP contribution is 2.36. The van der Waals surface area contributed by atoms with Crippen molar-refractivity contribution < 1.29 is 9.84 Å². The molecule has 0 aliphatic carbocycles. The molecule has 0 aromatic heterocycles. The van der Waals surface area contributed by atoms with Gasteiger partial charge in [0, 0.05) is 10.6 Å². The number of aliphatic hydroxyl groups is 1. The van der Waals surface area contributed by atoms with Gasteiger partial charge >= 0.3 is 0 Å². The number of ether oxygens (including phenoxy) is 1. The number of hydrogen-bond donors (Lipinski definition) is 1. The summed E-state index contributed by atoms with van der Waals surface area (Å²) in [6, 6.07) is 1.88. The van der Waals surface area contributed by atoms with E-state index in [9.17, 15) is 5.11 Å². The lowest BCUT2D eigenvalue weighted by Crippen LogP contribution is -2.05. The van der Waals surface area contributed by atoms with Gasteiger partial charge in [0.2, 0.25) is 0 Å². The number of hydrogen-bond acceptors (Lipinski definition) is 2. The summed E-state index contributed by atoms with van der Waals surface area (Å²) < 4.78 is 5.70. The molecule has 1 atom stereocenters. The number of benzene rings is 1. The monoisotopic (exact) mass is 242 g/mol. The Bertz CT molecular complexity index is 373. The smallest absolute Gasteiger partial charge is 0.128 e. The van der Waals surface area contributed by atoms with Crippen molar-refractivity contribution in [1.82, 2.24) is 0 Å². The first-order valence-electron chi connectivity index (χ1n) is 5.59. The van der Waals surface area contributed by atoms with Gasteiger partial charge in [-0.15, -0.1) is 0 Å². The van der Waals surface area contributed by atoms with Crippen LogP contribution in [0.1, 0.15) is 43.1 Å². The zero-order valence-electron chi connectivity index (χ0n) is 10.3. The molecule has 0 saturated heterocycles. The second kappa shape index (κ2) is 5.55. The number of aryl methyl sites for hydroxylation is 1. The fourth-order valence-electron chi connectivity index (χ4n) is 1.77. The van der Waals surface area contributed by atoms with Gasteiger partial charge in [-0.3, -0.25) is 0 Å². The minimum absolute atomic E-state index is 0.566. The maximum atomic E-state index is 9.79. The molecule has 0 bridgehead atoms. The van der Waals surface area contributed by atoms with Crippen LogP contribution in [0.15, 0.2) is 6.07 Å². The van der Waals surface area contributed by atoms with Crippen LogP contribution in [-0.2, 0) is 0 Å². The highest BCUT2D eigenvalue weighted by Gasteiger charge is 2.17. The lowest BCUT2D eigenvalue weighted by Gasteiger charge is -2.19. The largest absolute Gasteiger partial charge is 0.493 e. The Morgan fingerprint density at radius 2 is 2.06 bits per heavy atom. The molecule has 0 amide bonds. The fraction of sp³-hybridized carbons (Fsp3) is 0.538. The summed E-state index contributed by atoms with van der Waals surface area (Å²) in [7, 11) is 0. The van der Waals surface area contributed by atoms with Crippen LogP contribution in [0.4, 0.5) is 0 Å². The van der Waals surface area contributed by atoms with E-state index in [1.54, 1.807) is 6.92 Å². The molecule has 1 unspecified atom stereocenters. The summed E-state index contributed by atoms with van der Waals surface area (Å²) in [5.41, 5.74) is 2.67. The average Bonchev–Trinajstić information content (AvgIpc) is 2.20. The van der Waals surface area contributed by atoms with Gasteiger partial charge in [0.15, 0.2) is 0 Å². The first-order valence-corrected chi connectivity index (χ1v) is 5.97. The Morgan fingerprint density at radius 3 is 2.56 bits per heavy atom. The summed E-state index contributed by atoms with van der Waals surface area (Å²) in [5, 5.41) is 10.5. The molecule has 16 heavy (non-hydrogen) atoms. The molecule has 0 aliphatic rings. The zero-order chi connectivity index (χ0) is 12.3. The van der Waals surface area contributed by atoms with Crippen LogP contribution in [0.2, 0.25) is 5.02 Å². The highest BCUT2D eigenvalue weighted by molar-refractivity contribution is 6.31. The van der Waals surface area contributed by atoms with Gasteiger partial charge in [-0.2, -0.15) is 0 Å². The van der Waals surface area contributed by atoms with E-state index in [4.69, 9.17) is 16.3 Å². The van der Waals surface area contributed by atoms with Gasteiger partial charge < -0.3 is 9.84 Å². The van der Waals surface area contributed by atoms with E-state index in [0.717, 1.165) is 28.9 Å². The Morgan fingerprint density at radius 1 is 1.44 bits per heavy atom. The fourth-order valence-corrected chi connectivity index (χ4v) is 2.04. The van der Waals surface area contributed by atoms with Crippen molar-refractivity contribution >= 4 is 11.6 Å². The van der Waals surface area contributed by atoms with E-state index in [-0.39, 0.29) is 0 Å². The number of halogens is 1. The minimum atomic E-state index is -0.566. The average molecular weight is 243 g/mol. The molecule has 1 aromatic rings. The maximum absolute atomic E-state index is 9.79. The van der Waals surface area contributed by atoms with Crippen molar-refractivity contribution in [3.8, 4) is 5.75 Å². The molecule has 2 nitrogen and oxygen atoms in total. The van der Waals surface area contributed by atoms with Gasteiger partial charge in [-0.25, -0.2) is 0 Å². The van der Waals surface area contributed by atoms with Crippen molar-refractivity contribution in [3.05, 3.63) is 27.8 Å². The van der Waals surface area contributed by atoms with E-state index >= 15 is 0 Å². The standard InChI is InChI=1S/C13H19ClO2/c1-5-6-16-13-8(2)7-11(14)9(3)12(13)10(4)15/h7,10,15H,5-6H2,1-4H3.